The molecule has 6 rings (SSSR count). The molecular weight excluding hydrogens is 405 g/mol. The Morgan fingerprint density at radius 2 is 1.72 bits per heavy atom. The van der Waals surface area contributed by atoms with Crippen LogP contribution in [0.1, 0.15) is 5.56 Å². The first-order valence-corrected chi connectivity index (χ1v) is 10.0. The first kappa shape index (κ1) is 18.3. The highest BCUT2D eigenvalue weighted by Gasteiger charge is 2.18. The molecule has 154 valence electrons. The molecule has 0 aliphatic heterocycles. The topological polar surface area (TPSA) is 96.0 Å². The molecule has 0 saturated carbocycles. The van der Waals surface area contributed by atoms with E-state index in [4.69, 9.17) is 4.98 Å². The normalized spacial score (nSPS) is 11.4. The lowest BCUT2D eigenvalue weighted by atomic mass is 10.0. The van der Waals surface area contributed by atoms with Crippen molar-refractivity contribution in [3.63, 3.8) is 0 Å². The van der Waals surface area contributed by atoms with E-state index in [0.29, 0.717) is 16.9 Å². The van der Waals surface area contributed by atoms with Crippen LogP contribution < -0.4 is 0 Å². The fraction of sp³-hybridized carbons (Fsp3) is 0.0417. The highest BCUT2D eigenvalue weighted by atomic mass is 19.1. The predicted octanol–water partition coefficient (Wildman–Crippen LogP) is 5.07. The van der Waals surface area contributed by atoms with Crippen molar-refractivity contribution < 1.29 is 4.39 Å². The van der Waals surface area contributed by atoms with Crippen LogP contribution in [-0.2, 0) is 0 Å². The van der Waals surface area contributed by atoms with Gasteiger partial charge in [0, 0.05) is 47.5 Å². The quantitative estimate of drug-likeness (QED) is 0.416. The largest absolute Gasteiger partial charge is 0.337 e. The lowest BCUT2D eigenvalue weighted by Crippen LogP contribution is -1.88. The minimum Gasteiger partial charge on any atom is -0.337 e. The van der Waals surface area contributed by atoms with Gasteiger partial charge in [0.15, 0.2) is 11.6 Å². The van der Waals surface area contributed by atoms with Gasteiger partial charge in [-0.2, -0.15) is 5.10 Å². The van der Waals surface area contributed by atoms with Gasteiger partial charge in [0.1, 0.15) is 16.7 Å². The van der Waals surface area contributed by atoms with Gasteiger partial charge >= 0.3 is 0 Å². The Labute approximate surface area is 181 Å². The Hall–Kier alpha value is -4.46. The van der Waals surface area contributed by atoms with Gasteiger partial charge in [0.25, 0.3) is 0 Å². The van der Waals surface area contributed by atoms with E-state index >= 15 is 0 Å². The number of nitrogens with zero attached hydrogens (tertiary/aromatic N) is 5. The number of aromatic amines is 2. The lowest BCUT2D eigenvalue weighted by molar-refractivity contribution is 0.636. The van der Waals surface area contributed by atoms with Crippen molar-refractivity contribution in [1.82, 2.24) is 35.1 Å². The monoisotopic (exact) mass is 421 g/mol. The molecule has 5 heterocycles. The third kappa shape index (κ3) is 2.84. The maximum Gasteiger partial charge on any atom is 0.157 e. The Morgan fingerprint density at radius 3 is 2.56 bits per heavy atom. The second kappa shape index (κ2) is 7.05. The van der Waals surface area contributed by atoms with E-state index in [0.717, 1.165) is 39.0 Å². The third-order valence-corrected chi connectivity index (χ3v) is 5.55. The van der Waals surface area contributed by atoms with Gasteiger partial charge in [0.05, 0.1) is 11.2 Å². The summed E-state index contributed by atoms with van der Waals surface area (Å²) in [4.78, 5) is 20.9. The van der Waals surface area contributed by atoms with Crippen molar-refractivity contribution in [3.05, 3.63) is 78.8 Å². The van der Waals surface area contributed by atoms with Gasteiger partial charge in [0.2, 0.25) is 0 Å². The summed E-state index contributed by atoms with van der Waals surface area (Å²) in [5, 5.41) is 7.80. The van der Waals surface area contributed by atoms with Crippen molar-refractivity contribution in [2.45, 2.75) is 6.92 Å². The molecule has 0 bridgehead atoms. The second-order valence-electron chi connectivity index (χ2n) is 7.52. The lowest BCUT2D eigenvalue weighted by Gasteiger charge is -2.06. The molecule has 0 radical (unpaired) electrons. The van der Waals surface area contributed by atoms with Crippen LogP contribution in [0.5, 0.6) is 0 Å². The maximum absolute atomic E-state index is 14.9. The highest BCUT2D eigenvalue weighted by molar-refractivity contribution is 5.97. The van der Waals surface area contributed by atoms with Crippen LogP contribution in [0.2, 0.25) is 0 Å². The van der Waals surface area contributed by atoms with Crippen LogP contribution in [0.25, 0.3) is 55.8 Å². The Morgan fingerprint density at radius 1 is 0.875 bits per heavy atom. The van der Waals surface area contributed by atoms with E-state index in [2.05, 4.69) is 30.1 Å². The average molecular weight is 421 g/mol. The summed E-state index contributed by atoms with van der Waals surface area (Å²) in [6, 6.07) is 10.9. The van der Waals surface area contributed by atoms with Gasteiger partial charge < -0.3 is 4.98 Å². The number of H-pyrrole nitrogens is 2. The van der Waals surface area contributed by atoms with E-state index in [1.165, 1.54) is 6.07 Å². The molecule has 32 heavy (non-hydrogen) atoms. The van der Waals surface area contributed by atoms with Crippen LogP contribution in [0, 0.1) is 12.7 Å². The predicted molar refractivity (Wildman–Crippen MR) is 120 cm³/mol. The molecule has 2 N–H and O–H groups in total. The summed E-state index contributed by atoms with van der Waals surface area (Å²) in [6.07, 6.45) is 8.63. The zero-order chi connectivity index (χ0) is 21.7. The number of nitrogens with one attached hydrogen (secondary N) is 2. The molecule has 1 aromatic carbocycles. The summed E-state index contributed by atoms with van der Waals surface area (Å²) in [6.45, 7) is 1.97. The first-order valence-electron chi connectivity index (χ1n) is 10.0. The molecule has 5 aromatic heterocycles. The molecular formula is C24H16FN7. The van der Waals surface area contributed by atoms with E-state index in [-0.39, 0.29) is 5.52 Å². The molecule has 0 aliphatic carbocycles. The number of aromatic nitrogens is 7. The number of halogens is 1. The molecule has 0 aliphatic rings. The number of fused-ring (bicyclic) bond motifs is 2. The standard InChI is InChI=1S/C24H16FN7/c1-13-2-6-27-12-17(13)15-10-16-21(18(25)11-15)31-32-22(16)24-29-19-5-9-28-20(23(19)30-24)14-3-7-26-8-4-14/h2-12H,1H3,(H,29,30)(H,31,32). The van der Waals surface area contributed by atoms with Crippen LogP contribution in [0.3, 0.4) is 0 Å². The Bertz CT molecular complexity index is 1600. The summed E-state index contributed by atoms with van der Waals surface area (Å²) in [5.41, 5.74) is 6.69. The van der Waals surface area contributed by atoms with E-state index < -0.39 is 5.82 Å². The molecule has 0 spiro atoms. The van der Waals surface area contributed by atoms with E-state index in [9.17, 15) is 4.39 Å². The van der Waals surface area contributed by atoms with Crippen LogP contribution in [0.4, 0.5) is 4.39 Å². The van der Waals surface area contributed by atoms with Crippen LogP contribution in [0.15, 0.2) is 67.4 Å². The molecule has 0 atom stereocenters. The third-order valence-electron chi connectivity index (χ3n) is 5.55. The first-order chi connectivity index (χ1) is 15.7. The van der Waals surface area contributed by atoms with Crippen molar-refractivity contribution in [3.8, 4) is 33.9 Å². The molecule has 6 aromatic rings. The van der Waals surface area contributed by atoms with E-state index in [1.807, 2.05) is 37.3 Å². The van der Waals surface area contributed by atoms with Crippen molar-refractivity contribution in [1.29, 1.82) is 0 Å². The zero-order valence-corrected chi connectivity index (χ0v) is 17.0. The van der Waals surface area contributed by atoms with Crippen LogP contribution in [-0.4, -0.2) is 35.1 Å². The number of hydrogen-bond acceptors (Lipinski definition) is 5. The Kier molecular flexibility index (Phi) is 4.04. The number of pyridine rings is 3. The molecule has 0 fully saturated rings. The number of aryl methyl sites for hydroxylation is 1. The molecule has 0 saturated heterocycles. The highest BCUT2D eigenvalue weighted by Crippen LogP contribution is 2.34. The number of benzene rings is 1. The maximum atomic E-state index is 14.9. The van der Waals surface area contributed by atoms with Crippen LogP contribution >= 0.6 is 0 Å². The minimum absolute atomic E-state index is 0.262. The Balaban J connectivity index is 1.55. The smallest absolute Gasteiger partial charge is 0.157 e. The van der Waals surface area contributed by atoms with Gasteiger partial charge in [-0.1, -0.05) is 0 Å². The number of imidazole rings is 1. The average Bonchev–Trinajstić information content (AvgIpc) is 3.44. The van der Waals surface area contributed by atoms with Gasteiger partial charge in [-0.05, 0) is 54.4 Å². The number of rotatable bonds is 3. The van der Waals surface area contributed by atoms with Crippen molar-refractivity contribution in [2.75, 3.05) is 0 Å². The van der Waals surface area contributed by atoms with Gasteiger partial charge in [-0.3, -0.25) is 20.1 Å². The second-order valence-corrected chi connectivity index (χ2v) is 7.52. The fourth-order valence-electron chi connectivity index (χ4n) is 3.95. The molecule has 0 unspecified atom stereocenters. The zero-order valence-electron chi connectivity index (χ0n) is 17.0. The summed E-state index contributed by atoms with van der Waals surface area (Å²) >= 11 is 0. The number of hydrogen-bond donors (Lipinski definition) is 2. The van der Waals surface area contributed by atoms with E-state index in [1.54, 1.807) is 31.0 Å². The summed E-state index contributed by atoms with van der Waals surface area (Å²) in [7, 11) is 0. The SMILES string of the molecule is Cc1ccncc1-c1cc(F)c2n[nH]c(-c3nc4c(-c5ccncc5)nccc4[nH]3)c2c1. The molecule has 0 amide bonds. The van der Waals surface area contributed by atoms with Gasteiger partial charge in [-0.15, -0.1) is 0 Å². The van der Waals surface area contributed by atoms with Crippen molar-refractivity contribution in [2.24, 2.45) is 0 Å². The fourth-order valence-corrected chi connectivity index (χ4v) is 3.95. The summed E-state index contributed by atoms with van der Waals surface area (Å²) < 4.78 is 14.9. The van der Waals surface area contributed by atoms with Crippen molar-refractivity contribution >= 4 is 21.9 Å². The molecule has 7 nitrogen and oxygen atoms in total. The summed E-state index contributed by atoms with van der Waals surface area (Å²) in [5.74, 6) is 0.156. The van der Waals surface area contributed by atoms with Gasteiger partial charge in [-0.25, -0.2) is 9.37 Å². The minimum atomic E-state index is -0.404. The molecule has 8 heteroatoms.